The number of rotatable bonds is 8. The van der Waals surface area contributed by atoms with Gasteiger partial charge in [-0.3, -0.25) is 9.97 Å². The Bertz CT molecular complexity index is 5370. The van der Waals surface area contributed by atoms with Crippen molar-refractivity contribution in [1.29, 1.82) is 0 Å². The van der Waals surface area contributed by atoms with Crippen LogP contribution in [0.5, 0.6) is 0 Å². The predicted molar refractivity (Wildman–Crippen MR) is 375 cm³/mol. The first-order chi connectivity index (χ1) is 44.7. The van der Waals surface area contributed by atoms with E-state index in [-0.39, 0.29) is 29.7 Å². The first-order valence-electron chi connectivity index (χ1n) is 30.4. The quantitative estimate of drug-likeness (QED) is 0.0654. The molecule has 0 aliphatic carbocycles. The van der Waals surface area contributed by atoms with E-state index in [2.05, 4.69) is 146 Å². The highest BCUT2D eigenvalue weighted by Gasteiger charge is 2.52. The molecule has 446 valence electrons. The number of benzene rings is 14. The van der Waals surface area contributed by atoms with Crippen LogP contribution in [0, 0.1) is 23.3 Å². The van der Waals surface area contributed by atoms with Gasteiger partial charge in [0.25, 0.3) is 0 Å². The van der Waals surface area contributed by atoms with Crippen LogP contribution in [-0.4, -0.2) is 28.3 Å². The Kier molecular flexibility index (Phi) is 14.7. The average molecular weight is 1270 g/mol. The standard InChI is InChI=1S/C37H22F2N2.C25H22BNO2.C18H12BrF2N/c38-31-7-1-3-9-33(31)41(34-10-4-2-8-32(34)39)27-16-11-23(12-17-27)28-18-13-24-14-20-30-36-25(15-19-29(28)35(24)36)22-26-6-5-21-40-37(26)30;1-24(2)25(3,4)29-26(28-24)20-12-9-15-7-11-19-22-16(8-10-18(20)21(15)22)14-17-6-5-13-27-23(17)19;19-13-9-11-14(12-10-13)22(17-7-3-1-5-15(17)20)18-8-4-2-6-16(18)21/h1-22H;5-14H,1-4H3;1-12H. The lowest BCUT2D eigenvalue weighted by Crippen LogP contribution is -2.41. The summed E-state index contributed by atoms with van der Waals surface area (Å²) < 4.78 is 72.1. The fraction of sp³-hybridized carbons (Fsp3) is 0.0750. The number of pyridine rings is 2. The molecule has 1 saturated heterocycles. The molecule has 0 spiro atoms. The molecule has 12 heteroatoms. The number of hydrogen-bond donors (Lipinski definition) is 0. The average Bonchev–Trinajstić information content (AvgIpc) is 0.855. The van der Waals surface area contributed by atoms with Crippen LogP contribution in [0.25, 0.3) is 97.6 Å². The van der Waals surface area contributed by atoms with Crippen molar-refractivity contribution in [1.82, 2.24) is 9.97 Å². The molecular weight excluding hydrogens is 1220 g/mol. The highest BCUT2D eigenvalue weighted by atomic mass is 79.9. The Morgan fingerprint density at radius 1 is 0.359 bits per heavy atom. The molecule has 16 aromatic rings. The zero-order valence-electron chi connectivity index (χ0n) is 50.5. The molecule has 0 atom stereocenters. The lowest BCUT2D eigenvalue weighted by Gasteiger charge is -2.32. The fourth-order valence-corrected chi connectivity index (χ4v) is 13.3. The number of aromatic nitrogens is 2. The van der Waals surface area contributed by atoms with Crippen molar-refractivity contribution >= 4 is 149 Å². The number of para-hydroxylation sites is 4. The predicted octanol–water partition coefficient (Wildman–Crippen LogP) is 22.2. The zero-order chi connectivity index (χ0) is 63.0. The minimum absolute atomic E-state index is 0.286. The van der Waals surface area contributed by atoms with E-state index in [9.17, 15) is 17.6 Å². The minimum Gasteiger partial charge on any atom is -0.399 e. The van der Waals surface area contributed by atoms with Gasteiger partial charge in [-0.05, 0) is 207 Å². The Morgan fingerprint density at radius 2 is 0.728 bits per heavy atom. The third kappa shape index (κ3) is 10.2. The molecule has 0 saturated carbocycles. The van der Waals surface area contributed by atoms with Gasteiger partial charge in [-0.15, -0.1) is 0 Å². The third-order valence-corrected chi connectivity index (χ3v) is 18.7. The molecule has 0 radical (unpaired) electrons. The van der Waals surface area contributed by atoms with E-state index in [0.29, 0.717) is 22.7 Å². The van der Waals surface area contributed by atoms with E-state index in [1.54, 1.807) is 82.6 Å². The highest BCUT2D eigenvalue weighted by molar-refractivity contribution is 9.10. The Balaban J connectivity index is 0.000000121. The molecule has 92 heavy (non-hydrogen) atoms. The van der Waals surface area contributed by atoms with Crippen LogP contribution in [0.3, 0.4) is 0 Å². The molecule has 1 fully saturated rings. The molecule has 6 nitrogen and oxygen atoms in total. The van der Waals surface area contributed by atoms with Crippen LogP contribution in [0.15, 0.2) is 272 Å². The summed E-state index contributed by atoms with van der Waals surface area (Å²) in [6, 6.07) is 79.6. The van der Waals surface area contributed by atoms with Crippen LogP contribution in [-0.2, 0) is 9.31 Å². The molecule has 0 bridgehead atoms. The maximum Gasteiger partial charge on any atom is 0.495 e. The number of halogens is 5. The van der Waals surface area contributed by atoms with Crippen molar-refractivity contribution in [3.8, 4) is 11.1 Å². The molecule has 0 N–H and O–H groups in total. The Morgan fingerprint density at radius 3 is 1.18 bits per heavy atom. The van der Waals surface area contributed by atoms with Crippen molar-refractivity contribution in [2.24, 2.45) is 0 Å². The van der Waals surface area contributed by atoms with Gasteiger partial charge in [-0.1, -0.05) is 162 Å². The summed E-state index contributed by atoms with van der Waals surface area (Å²) in [4.78, 5) is 12.6. The topological polar surface area (TPSA) is 50.7 Å². The van der Waals surface area contributed by atoms with Crippen LogP contribution in [0.2, 0.25) is 0 Å². The van der Waals surface area contributed by atoms with Gasteiger partial charge in [0.1, 0.15) is 23.3 Å². The van der Waals surface area contributed by atoms with Crippen molar-refractivity contribution in [3.05, 3.63) is 295 Å². The fourth-order valence-electron chi connectivity index (χ4n) is 13.0. The highest BCUT2D eigenvalue weighted by Crippen LogP contribution is 2.45. The van der Waals surface area contributed by atoms with Crippen molar-refractivity contribution < 1.29 is 26.9 Å². The first-order valence-corrected chi connectivity index (χ1v) is 31.2. The molecule has 1 aliphatic rings. The summed E-state index contributed by atoms with van der Waals surface area (Å²) in [5.41, 5.74) is 7.07. The molecule has 0 amide bonds. The maximum absolute atomic E-state index is 15.0. The maximum atomic E-state index is 15.0. The summed E-state index contributed by atoms with van der Waals surface area (Å²) in [6.45, 7) is 8.39. The second-order valence-electron chi connectivity index (χ2n) is 24.1. The molecule has 2 aromatic heterocycles. The lowest BCUT2D eigenvalue weighted by molar-refractivity contribution is 0.00578. The Hall–Kier alpha value is -10.2. The van der Waals surface area contributed by atoms with Gasteiger partial charge in [-0.25, -0.2) is 17.6 Å². The van der Waals surface area contributed by atoms with Gasteiger partial charge in [0.15, 0.2) is 0 Å². The largest absolute Gasteiger partial charge is 0.495 e. The summed E-state index contributed by atoms with van der Waals surface area (Å²) in [5, 5.41) is 16.8. The molecule has 1 aliphatic heterocycles. The van der Waals surface area contributed by atoms with Crippen LogP contribution in [0.1, 0.15) is 27.7 Å². The SMILES string of the molecule is CC1(C)OB(c2ccc3ccc4c5ncccc5cc5ccc2c3c54)OC1(C)C.Fc1ccccc1N(c1ccc(-c2ccc3ccc4c5ncccc5cc5ccc2c3c54)cc1)c1ccccc1F.Fc1ccccc1N(c1ccc(Br)cc1)c1ccccc1F. The van der Waals surface area contributed by atoms with E-state index in [1.165, 1.54) is 83.5 Å². The Labute approximate surface area is 537 Å². The number of anilines is 6. The van der Waals surface area contributed by atoms with E-state index in [1.807, 2.05) is 73.1 Å². The van der Waals surface area contributed by atoms with Gasteiger partial charge < -0.3 is 19.1 Å². The summed E-state index contributed by atoms with van der Waals surface area (Å²) in [7, 11) is -0.376. The van der Waals surface area contributed by atoms with Crippen LogP contribution >= 0.6 is 15.9 Å². The van der Waals surface area contributed by atoms with Crippen molar-refractivity contribution in [2.75, 3.05) is 9.80 Å². The van der Waals surface area contributed by atoms with Crippen molar-refractivity contribution in [2.45, 2.75) is 38.9 Å². The summed E-state index contributed by atoms with van der Waals surface area (Å²) in [6.07, 6.45) is 3.72. The molecule has 14 aromatic carbocycles. The van der Waals surface area contributed by atoms with Gasteiger partial charge in [0, 0.05) is 49.8 Å². The number of fused-ring (bicyclic) bond motifs is 4. The van der Waals surface area contributed by atoms with E-state index in [4.69, 9.17) is 14.3 Å². The number of nitrogens with zero attached hydrogens (tertiary/aromatic N) is 4. The smallest absolute Gasteiger partial charge is 0.399 e. The monoisotopic (exact) mass is 1270 g/mol. The molecular formula is C80H56BBrF4N4O2. The molecule has 0 unspecified atom stereocenters. The van der Waals surface area contributed by atoms with Crippen molar-refractivity contribution in [3.63, 3.8) is 0 Å². The van der Waals surface area contributed by atoms with Gasteiger partial charge >= 0.3 is 7.12 Å². The normalized spacial score (nSPS) is 13.6. The summed E-state index contributed by atoms with van der Waals surface area (Å²) >= 11 is 3.37. The van der Waals surface area contributed by atoms with Crippen LogP contribution in [0.4, 0.5) is 51.7 Å². The first kappa shape index (κ1) is 58.2. The van der Waals surface area contributed by atoms with E-state index < -0.39 is 23.3 Å². The van der Waals surface area contributed by atoms with E-state index >= 15 is 0 Å². The summed E-state index contributed by atoms with van der Waals surface area (Å²) in [5.74, 6) is -1.66. The van der Waals surface area contributed by atoms with Gasteiger partial charge in [0.2, 0.25) is 0 Å². The van der Waals surface area contributed by atoms with Crippen LogP contribution < -0.4 is 15.3 Å². The van der Waals surface area contributed by atoms with Gasteiger partial charge in [-0.2, -0.15) is 0 Å². The van der Waals surface area contributed by atoms with E-state index in [0.717, 1.165) is 48.3 Å². The third-order valence-electron chi connectivity index (χ3n) is 18.1. The lowest BCUT2D eigenvalue weighted by atomic mass is 9.74. The minimum atomic E-state index is -0.423. The molecule has 17 rings (SSSR count). The van der Waals surface area contributed by atoms with Gasteiger partial charge in [0.05, 0.1) is 45.0 Å². The zero-order valence-corrected chi connectivity index (χ0v) is 52.1. The second-order valence-corrected chi connectivity index (χ2v) is 25.0. The number of hydrogen-bond acceptors (Lipinski definition) is 6. The second kappa shape index (κ2) is 23.2. The molecule has 3 heterocycles.